The minimum absolute atomic E-state index is 0.0622. The molecule has 2 aromatic rings. The van der Waals surface area contributed by atoms with Crippen LogP contribution in [0.25, 0.3) is 5.76 Å². The number of hydrogen-bond acceptors (Lipinski definition) is 7. The van der Waals surface area contributed by atoms with E-state index in [9.17, 15) is 26.4 Å². The molecule has 2 aromatic carbocycles. The summed E-state index contributed by atoms with van der Waals surface area (Å²) < 4.78 is 83.3. The Morgan fingerprint density at radius 2 is 1.55 bits per heavy atom. The van der Waals surface area contributed by atoms with Crippen molar-refractivity contribution in [1.82, 2.24) is 0 Å². The summed E-state index contributed by atoms with van der Waals surface area (Å²) in [7, 11) is -2.36. The Labute approximate surface area is 188 Å². The number of benzene rings is 2. The van der Waals surface area contributed by atoms with Crippen LogP contribution in [0.4, 0.5) is 13.2 Å². The van der Waals surface area contributed by atoms with Gasteiger partial charge < -0.3 is 18.4 Å². The van der Waals surface area contributed by atoms with Crippen LogP contribution in [0, 0.1) is 5.92 Å². The lowest BCUT2D eigenvalue weighted by Crippen LogP contribution is -2.31. The van der Waals surface area contributed by atoms with Crippen molar-refractivity contribution < 1.29 is 44.8 Å². The van der Waals surface area contributed by atoms with Crippen LogP contribution in [0.15, 0.2) is 48.0 Å². The molecule has 0 spiro atoms. The maximum absolute atomic E-state index is 13.2. The Kier molecular flexibility index (Phi) is 6.64. The normalized spacial score (nSPS) is 18.4. The van der Waals surface area contributed by atoms with Crippen LogP contribution in [0.1, 0.15) is 29.5 Å². The van der Waals surface area contributed by atoms with Gasteiger partial charge in [0.1, 0.15) is 0 Å². The van der Waals surface area contributed by atoms with Crippen LogP contribution in [0.5, 0.6) is 11.5 Å². The quantitative estimate of drug-likeness (QED) is 0.343. The molecule has 11 heteroatoms. The van der Waals surface area contributed by atoms with Gasteiger partial charge >= 0.3 is 21.6 Å². The summed E-state index contributed by atoms with van der Waals surface area (Å²) in [5, 5.41) is 0. The Bertz CT molecular complexity index is 1190. The molecule has 0 bridgehead atoms. The van der Waals surface area contributed by atoms with Crippen molar-refractivity contribution in [3.05, 3.63) is 64.7 Å². The van der Waals surface area contributed by atoms with Gasteiger partial charge in [-0.3, -0.25) is 0 Å². The molecular weight excluding hydrogens is 465 g/mol. The van der Waals surface area contributed by atoms with Gasteiger partial charge in [-0.25, -0.2) is 4.79 Å². The van der Waals surface area contributed by atoms with Crippen molar-refractivity contribution in [3.8, 4) is 11.5 Å². The lowest BCUT2D eigenvalue weighted by molar-refractivity contribution is -0.136. The minimum atomic E-state index is -6.09. The number of rotatable bonds is 6. The van der Waals surface area contributed by atoms with Crippen molar-refractivity contribution in [2.24, 2.45) is 5.92 Å². The van der Waals surface area contributed by atoms with E-state index in [0.29, 0.717) is 5.56 Å². The van der Waals surface area contributed by atoms with Crippen LogP contribution in [-0.4, -0.2) is 41.2 Å². The first-order valence-corrected chi connectivity index (χ1v) is 11.0. The summed E-state index contributed by atoms with van der Waals surface area (Å²) in [6.45, 7) is 1.58. The van der Waals surface area contributed by atoms with E-state index >= 15 is 0 Å². The molecule has 0 saturated carbocycles. The van der Waals surface area contributed by atoms with Gasteiger partial charge in [0.25, 0.3) is 0 Å². The number of ether oxygens (including phenoxy) is 3. The SMILES string of the molecule is COC(=O)C1=C(OS(=O)(=O)C(F)(F)F)c2cc(OC)c(OC)cc2[C@H](c2ccccc2)[C@H]1C. The van der Waals surface area contributed by atoms with E-state index < -0.39 is 39.2 Å². The molecule has 3 rings (SSSR count). The summed E-state index contributed by atoms with van der Waals surface area (Å²) in [5.74, 6) is -2.79. The van der Waals surface area contributed by atoms with Crippen molar-refractivity contribution in [2.45, 2.75) is 18.3 Å². The monoisotopic (exact) mass is 486 g/mol. The molecule has 0 N–H and O–H groups in total. The van der Waals surface area contributed by atoms with Crippen molar-refractivity contribution in [3.63, 3.8) is 0 Å². The molecule has 0 aliphatic heterocycles. The van der Waals surface area contributed by atoms with Gasteiger partial charge in [-0.2, -0.15) is 21.6 Å². The van der Waals surface area contributed by atoms with E-state index in [0.717, 1.165) is 12.7 Å². The molecule has 1 aliphatic rings. The first-order chi connectivity index (χ1) is 15.5. The lowest BCUT2D eigenvalue weighted by atomic mass is 9.71. The number of hydrogen-bond donors (Lipinski definition) is 0. The van der Waals surface area contributed by atoms with Gasteiger partial charge in [-0.05, 0) is 23.3 Å². The van der Waals surface area contributed by atoms with Crippen LogP contribution in [0.3, 0.4) is 0 Å². The molecule has 0 saturated heterocycles. The third-order valence-electron chi connectivity index (χ3n) is 5.38. The Morgan fingerprint density at radius 3 is 2.06 bits per heavy atom. The zero-order valence-electron chi connectivity index (χ0n) is 18.1. The molecule has 0 aromatic heterocycles. The van der Waals surface area contributed by atoms with E-state index in [1.807, 2.05) is 0 Å². The number of halogens is 3. The third kappa shape index (κ3) is 4.37. The number of methoxy groups -OCH3 is 3. The summed E-state index contributed by atoms with van der Waals surface area (Å²) in [6, 6.07) is 11.7. The smallest absolute Gasteiger partial charge is 0.493 e. The summed E-state index contributed by atoms with van der Waals surface area (Å²) >= 11 is 0. The highest BCUT2D eigenvalue weighted by Crippen LogP contribution is 2.50. The van der Waals surface area contributed by atoms with E-state index in [2.05, 4.69) is 4.18 Å². The van der Waals surface area contributed by atoms with E-state index in [4.69, 9.17) is 14.2 Å². The van der Waals surface area contributed by atoms with Crippen molar-refractivity contribution in [2.75, 3.05) is 21.3 Å². The van der Waals surface area contributed by atoms with Gasteiger partial charge in [0.05, 0.1) is 26.9 Å². The Morgan fingerprint density at radius 1 is 0.970 bits per heavy atom. The zero-order chi connectivity index (χ0) is 24.6. The van der Waals surface area contributed by atoms with Crippen LogP contribution in [0.2, 0.25) is 0 Å². The fraction of sp³-hybridized carbons (Fsp3) is 0.318. The molecular formula is C22H21F3O7S. The molecule has 0 unspecified atom stereocenters. The van der Waals surface area contributed by atoms with Gasteiger partial charge in [-0.1, -0.05) is 37.3 Å². The summed E-state index contributed by atoms with van der Waals surface area (Å²) in [4.78, 5) is 12.7. The number of fused-ring (bicyclic) bond motifs is 1. The van der Waals surface area contributed by atoms with Crippen LogP contribution in [-0.2, 0) is 23.8 Å². The molecule has 178 valence electrons. The largest absolute Gasteiger partial charge is 0.534 e. The fourth-order valence-electron chi connectivity index (χ4n) is 3.90. The minimum Gasteiger partial charge on any atom is -0.493 e. The van der Waals surface area contributed by atoms with Crippen LogP contribution < -0.4 is 9.47 Å². The standard InChI is InChI=1S/C22H21F3O7S/c1-12-18(13-8-6-5-7-9-13)14-10-16(29-2)17(30-3)11-15(14)20(19(12)21(26)31-4)32-33(27,28)22(23,24)25/h5-12,18H,1-4H3/t12-,18+/m1/s1. The topological polar surface area (TPSA) is 88.1 Å². The molecule has 7 nitrogen and oxygen atoms in total. The molecule has 0 heterocycles. The molecule has 0 amide bonds. The predicted octanol–water partition coefficient (Wildman–Crippen LogP) is 4.24. The average Bonchev–Trinajstić information content (AvgIpc) is 2.77. The second-order valence-electron chi connectivity index (χ2n) is 7.19. The van der Waals surface area contributed by atoms with E-state index in [1.165, 1.54) is 26.4 Å². The first kappa shape index (κ1) is 24.4. The van der Waals surface area contributed by atoms with E-state index in [1.54, 1.807) is 37.3 Å². The fourth-order valence-corrected chi connectivity index (χ4v) is 4.39. The highest BCUT2D eigenvalue weighted by atomic mass is 32.2. The molecule has 0 radical (unpaired) electrons. The summed E-state index contributed by atoms with van der Waals surface area (Å²) in [6.07, 6.45) is 0. The lowest BCUT2D eigenvalue weighted by Gasteiger charge is -2.34. The number of carbonyl (C=O) groups is 1. The van der Waals surface area contributed by atoms with Gasteiger partial charge in [-0.15, -0.1) is 0 Å². The Balaban J connectivity index is 2.40. The number of carbonyl (C=O) groups excluding carboxylic acids is 1. The maximum atomic E-state index is 13.2. The van der Waals surface area contributed by atoms with Gasteiger partial charge in [0.15, 0.2) is 17.3 Å². The number of esters is 1. The first-order valence-electron chi connectivity index (χ1n) is 9.61. The van der Waals surface area contributed by atoms with E-state index in [-0.39, 0.29) is 22.6 Å². The zero-order valence-corrected chi connectivity index (χ0v) is 18.9. The predicted molar refractivity (Wildman–Crippen MR) is 112 cm³/mol. The molecule has 1 aliphatic carbocycles. The maximum Gasteiger partial charge on any atom is 0.534 e. The molecule has 0 fully saturated rings. The van der Waals surface area contributed by atoms with Gasteiger partial charge in [0.2, 0.25) is 0 Å². The highest BCUT2D eigenvalue weighted by molar-refractivity contribution is 7.87. The molecule has 33 heavy (non-hydrogen) atoms. The highest BCUT2D eigenvalue weighted by Gasteiger charge is 2.51. The second kappa shape index (κ2) is 8.97. The van der Waals surface area contributed by atoms with Crippen LogP contribution >= 0.6 is 0 Å². The average molecular weight is 486 g/mol. The Hall–Kier alpha value is -3.21. The van der Waals surface area contributed by atoms with Gasteiger partial charge in [0, 0.05) is 17.4 Å². The van der Waals surface area contributed by atoms with Crippen molar-refractivity contribution >= 4 is 21.8 Å². The van der Waals surface area contributed by atoms with Crippen molar-refractivity contribution in [1.29, 1.82) is 0 Å². The number of alkyl halides is 3. The third-order valence-corrected chi connectivity index (χ3v) is 6.33. The second-order valence-corrected chi connectivity index (χ2v) is 8.73. The molecule has 2 atom stereocenters. The summed E-state index contributed by atoms with van der Waals surface area (Å²) in [5.41, 5.74) is -4.99.